The third-order valence-corrected chi connectivity index (χ3v) is 5.36. The van der Waals surface area contributed by atoms with Gasteiger partial charge in [0.25, 0.3) is 5.91 Å². The van der Waals surface area contributed by atoms with Gasteiger partial charge in [0, 0.05) is 18.3 Å². The minimum atomic E-state index is -0.628. The van der Waals surface area contributed by atoms with E-state index >= 15 is 0 Å². The lowest BCUT2D eigenvalue weighted by Gasteiger charge is -2.13. The molecule has 0 atom stereocenters. The van der Waals surface area contributed by atoms with Crippen molar-refractivity contribution in [1.29, 1.82) is 0 Å². The molecule has 4 aromatic rings. The number of hydrogen-bond donors (Lipinski definition) is 2. The van der Waals surface area contributed by atoms with Crippen LogP contribution in [0.3, 0.4) is 0 Å². The number of aromatic nitrogens is 1. The molecule has 0 aliphatic carbocycles. The number of amides is 1. The zero-order chi connectivity index (χ0) is 25.3. The number of carbonyl (C=O) groups excluding carboxylic acids is 2. The third-order valence-electron chi connectivity index (χ3n) is 5.36. The first kappa shape index (κ1) is 24.6. The highest BCUT2D eigenvalue weighted by Gasteiger charge is 2.14. The number of nitrogens with one attached hydrogen (secondary N) is 1. The Morgan fingerprint density at radius 1 is 0.972 bits per heavy atom. The van der Waals surface area contributed by atoms with E-state index in [9.17, 15) is 14.0 Å². The van der Waals surface area contributed by atoms with E-state index in [1.54, 1.807) is 36.4 Å². The molecular formula is C28H24FN3O4. The highest BCUT2D eigenvalue weighted by Crippen LogP contribution is 2.28. The highest BCUT2D eigenvalue weighted by molar-refractivity contribution is 6.05. The van der Waals surface area contributed by atoms with E-state index in [2.05, 4.69) is 10.3 Å². The summed E-state index contributed by atoms with van der Waals surface area (Å²) >= 11 is 0. The van der Waals surface area contributed by atoms with Gasteiger partial charge in [-0.1, -0.05) is 48.5 Å². The SMILES string of the molecule is NCc1ccc(C(=O)Nc2ccncc2F)cc1-c1cccc(OCC(=O)OCc2ccccc2)c1. The molecule has 3 aromatic carbocycles. The molecule has 0 saturated carbocycles. The van der Waals surface area contributed by atoms with Gasteiger partial charge in [-0.25, -0.2) is 9.18 Å². The molecule has 7 nitrogen and oxygen atoms in total. The predicted octanol–water partition coefficient (Wildman–Crippen LogP) is 4.72. The Labute approximate surface area is 207 Å². The van der Waals surface area contributed by atoms with Gasteiger partial charge in [-0.05, 0) is 52.6 Å². The van der Waals surface area contributed by atoms with E-state index in [-0.39, 0.29) is 25.4 Å². The number of nitrogens with zero attached hydrogens (tertiary/aromatic N) is 1. The molecule has 0 radical (unpaired) electrons. The molecule has 4 rings (SSSR count). The number of rotatable bonds is 9. The average molecular weight is 486 g/mol. The molecule has 0 unspecified atom stereocenters. The minimum absolute atomic E-state index is 0.0361. The van der Waals surface area contributed by atoms with Crippen LogP contribution in [0.2, 0.25) is 0 Å². The van der Waals surface area contributed by atoms with Crippen LogP contribution in [0.15, 0.2) is 91.3 Å². The number of pyridine rings is 1. The van der Waals surface area contributed by atoms with Gasteiger partial charge >= 0.3 is 5.97 Å². The average Bonchev–Trinajstić information content (AvgIpc) is 2.92. The first-order chi connectivity index (χ1) is 17.5. The van der Waals surface area contributed by atoms with Crippen molar-refractivity contribution in [2.75, 3.05) is 11.9 Å². The number of nitrogens with two attached hydrogens (primary N) is 1. The number of ether oxygens (including phenoxy) is 2. The summed E-state index contributed by atoms with van der Waals surface area (Å²) in [7, 11) is 0. The Morgan fingerprint density at radius 3 is 2.58 bits per heavy atom. The largest absolute Gasteiger partial charge is 0.482 e. The van der Waals surface area contributed by atoms with E-state index in [1.807, 2.05) is 36.4 Å². The Morgan fingerprint density at radius 2 is 1.81 bits per heavy atom. The van der Waals surface area contributed by atoms with E-state index < -0.39 is 17.7 Å². The molecule has 0 fully saturated rings. The van der Waals surface area contributed by atoms with Gasteiger partial charge in [-0.2, -0.15) is 0 Å². The summed E-state index contributed by atoms with van der Waals surface area (Å²) in [6.45, 7) is 0.161. The molecule has 182 valence electrons. The maximum absolute atomic E-state index is 13.9. The normalized spacial score (nSPS) is 10.5. The quantitative estimate of drug-likeness (QED) is 0.333. The molecule has 0 spiro atoms. The Bertz CT molecular complexity index is 1360. The minimum Gasteiger partial charge on any atom is -0.482 e. The number of carbonyl (C=O) groups is 2. The molecular weight excluding hydrogens is 461 g/mol. The summed E-state index contributed by atoms with van der Waals surface area (Å²) in [5, 5.41) is 2.55. The van der Waals surface area contributed by atoms with Gasteiger partial charge < -0.3 is 20.5 Å². The van der Waals surface area contributed by atoms with Crippen LogP contribution in [-0.2, 0) is 22.7 Å². The molecule has 0 saturated heterocycles. The lowest BCUT2D eigenvalue weighted by Crippen LogP contribution is -2.15. The second kappa shape index (κ2) is 11.7. The van der Waals surface area contributed by atoms with Gasteiger partial charge in [-0.3, -0.25) is 9.78 Å². The number of hydrogen-bond acceptors (Lipinski definition) is 6. The Kier molecular flexibility index (Phi) is 8.00. The standard InChI is InChI=1S/C28H24FN3O4/c29-25-16-31-12-11-26(25)32-28(34)21-9-10-22(15-30)24(14-21)20-7-4-8-23(13-20)35-18-27(33)36-17-19-5-2-1-3-6-19/h1-14,16H,15,17-18,30H2,(H,31,32,34). The molecule has 0 bridgehead atoms. The van der Waals surface area contributed by atoms with Crippen LogP contribution in [0.1, 0.15) is 21.5 Å². The lowest BCUT2D eigenvalue weighted by molar-refractivity contribution is -0.147. The van der Waals surface area contributed by atoms with Crippen LogP contribution < -0.4 is 15.8 Å². The van der Waals surface area contributed by atoms with Crippen molar-refractivity contribution in [3.8, 4) is 16.9 Å². The molecule has 1 heterocycles. The zero-order valence-corrected chi connectivity index (χ0v) is 19.3. The fourth-order valence-electron chi connectivity index (χ4n) is 3.51. The summed E-state index contributed by atoms with van der Waals surface area (Å²) in [5.41, 5.74) is 9.45. The van der Waals surface area contributed by atoms with Crippen LogP contribution in [0, 0.1) is 5.82 Å². The zero-order valence-electron chi connectivity index (χ0n) is 19.3. The summed E-state index contributed by atoms with van der Waals surface area (Å²) in [6.07, 6.45) is 2.42. The summed E-state index contributed by atoms with van der Waals surface area (Å²) in [6, 6.07) is 22.9. The van der Waals surface area contributed by atoms with Gasteiger partial charge in [0.2, 0.25) is 0 Å². The summed E-state index contributed by atoms with van der Waals surface area (Å²) in [5.74, 6) is -1.13. The smallest absolute Gasteiger partial charge is 0.344 e. The third kappa shape index (κ3) is 6.31. The first-order valence-electron chi connectivity index (χ1n) is 11.2. The molecule has 0 aliphatic rings. The van der Waals surface area contributed by atoms with Crippen molar-refractivity contribution in [3.63, 3.8) is 0 Å². The second-order valence-corrected chi connectivity index (χ2v) is 7.85. The van der Waals surface area contributed by atoms with Gasteiger partial charge in [0.05, 0.1) is 11.9 Å². The van der Waals surface area contributed by atoms with E-state index in [0.717, 1.165) is 28.5 Å². The van der Waals surface area contributed by atoms with E-state index in [4.69, 9.17) is 15.2 Å². The molecule has 36 heavy (non-hydrogen) atoms. The maximum Gasteiger partial charge on any atom is 0.344 e. The van der Waals surface area contributed by atoms with Gasteiger partial charge in [-0.15, -0.1) is 0 Å². The maximum atomic E-state index is 13.9. The second-order valence-electron chi connectivity index (χ2n) is 7.85. The number of benzene rings is 3. The first-order valence-corrected chi connectivity index (χ1v) is 11.2. The number of halogens is 1. The van der Waals surface area contributed by atoms with Crippen LogP contribution in [-0.4, -0.2) is 23.5 Å². The van der Waals surface area contributed by atoms with Crippen molar-refractivity contribution in [2.45, 2.75) is 13.2 Å². The molecule has 0 aliphatic heterocycles. The molecule has 8 heteroatoms. The lowest BCUT2D eigenvalue weighted by atomic mass is 9.96. The number of anilines is 1. The molecule has 1 aromatic heterocycles. The number of esters is 1. The van der Waals surface area contributed by atoms with E-state index in [1.165, 1.54) is 12.3 Å². The van der Waals surface area contributed by atoms with Crippen LogP contribution >= 0.6 is 0 Å². The van der Waals surface area contributed by atoms with Gasteiger partial charge in [0.15, 0.2) is 12.4 Å². The Balaban J connectivity index is 1.46. The fraction of sp³-hybridized carbons (Fsp3) is 0.107. The monoisotopic (exact) mass is 485 g/mol. The fourth-order valence-corrected chi connectivity index (χ4v) is 3.51. The van der Waals surface area contributed by atoms with Crippen molar-refractivity contribution in [2.24, 2.45) is 5.73 Å². The van der Waals surface area contributed by atoms with Crippen molar-refractivity contribution < 1.29 is 23.5 Å². The van der Waals surface area contributed by atoms with Crippen LogP contribution in [0.5, 0.6) is 5.75 Å². The Hall–Kier alpha value is -4.56. The van der Waals surface area contributed by atoms with Crippen LogP contribution in [0.4, 0.5) is 10.1 Å². The molecule has 3 N–H and O–H groups in total. The van der Waals surface area contributed by atoms with Gasteiger partial charge in [0.1, 0.15) is 12.4 Å². The van der Waals surface area contributed by atoms with Crippen molar-refractivity contribution in [3.05, 3.63) is 114 Å². The van der Waals surface area contributed by atoms with Crippen molar-refractivity contribution in [1.82, 2.24) is 4.98 Å². The topological polar surface area (TPSA) is 104 Å². The summed E-state index contributed by atoms with van der Waals surface area (Å²) in [4.78, 5) is 28.5. The van der Waals surface area contributed by atoms with E-state index in [0.29, 0.717) is 11.3 Å². The summed E-state index contributed by atoms with van der Waals surface area (Å²) < 4.78 is 24.8. The highest BCUT2D eigenvalue weighted by atomic mass is 19.1. The van der Waals surface area contributed by atoms with Crippen LogP contribution in [0.25, 0.3) is 11.1 Å². The molecule has 1 amide bonds. The predicted molar refractivity (Wildman–Crippen MR) is 134 cm³/mol. The van der Waals surface area contributed by atoms with Crippen molar-refractivity contribution >= 4 is 17.6 Å².